The van der Waals surface area contributed by atoms with Crippen LogP contribution in [0.15, 0.2) is 53.7 Å². The third kappa shape index (κ3) is 6.15. The van der Waals surface area contributed by atoms with Gasteiger partial charge in [-0.1, -0.05) is 37.3 Å². The maximum Gasteiger partial charge on any atom is 0.191 e. The van der Waals surface area contributed by atoms with Crippen LogP contribution in [0.5, 0.6) is 0 Å². The maximum atomic E-state index is 4.65. The molecule has 1 atom stereocenters. The molecule has 2 N–H and O–H groups in total. The summed E-state index contributed by atoms with van der Waals surface area (Å²) in [5.74, 6) is 0.815. The monoisotopic (exact) mass is 353 g/mol. The Balaban J connectivity index is 2.03. The van der Waals surface area contributed by atoms with Gasteiger partial charge in [-0.3, -0.25) is 4.98 Å². The van der Waals surface area contributed by atoms with Crippen LogP contribution in [-0.4, -0.2) is 43.0 Å². The predicted molar refractivity (Wildman–Crippen MR) is 109 cm³/mol. The molecule has 140 valence electrons. The third-order valence-corrected chi connectivity index (χ3v) is 4.33. The summed E-state index contributed by atoms with van der Waals surface area (Å²) in [5.41, 5.74) is 3.63. The summed E-state index contributed by atoms with van der Waals surface area (Å²) in [6.45, 7) is 6.43. The molecular formula is C21H31N5. The van der Waals surface area contributed by atoms with Gasteiger partial charge < -0.3 is 15.5 Å². The topological polar surface area (TPSA) is 52.6 Å². The molecule has 1 aromatic heterocycles. The van der Waals surface area contributed by atoms with Crippen LogP contribution in [0.4, 0.5) is 0 Å². The van der Waals surface area contributed by atoms with Crippen molar-refractivity contribution < 1.29 is 0 Å². The summed E-state index contributed by atoms with van der Waals surface area (Å²) in [7, 11) is 4.22. The van der Waals surface area contributed by atoms with Crippen molar-refractivity contribution in [3.05, 3.63) is 65.5 Å². The standard InChI is InChI=1S/C21H31N5/c1-5-17-10-12-18(13-11-17)20(26(3)4)16-25-21(22-6-2)24-15-19-9-7-8-14-23-19/h7-14,20H,5-6,15-16H2,1-4H3,(H2,22,24,25). The van der Waals surface area contributed by atoms with Crippen molar-refractivity contribution in [2.75, 3.05) is 27.2 Å². The minimum Gasteiger partial charge on any atom is -0.357 e. The molecule has 2 rings (SSSR count). The molecule has 5 nitrogen and oxygen atoms in total. The van der Waals surface area contributed by atoms with E-state index >= 15 is 0 Å². The number of aliphatic imine (C=N–C) groups is 1. The van der Waals surface area contributed by atoms with Crippen molar-refractivity contribution in [1.82, 2.24) is 20.5 Å². The van der Waals surface area contributed by atoms with E-state index in [1.807, 2.05) is 18.2 Å². The van der Waals surface area contributed by atoms with Crippen LogP contribution >= 0.6 is 0 Å². The summed E-state index contributed by atoms with van der Waals surface area (Å²) in [5, 5.41) is 6.78. The van der Waals surface area contributed by atoms with Gasteiger partial charge in [0.05, 0.1) is 18.3 Å². The van der Waals surface area contributed by atoms with Gasteiger partial charge in [-0.05, 0) is 50.7 Å². The Labute approximate surface area is 157 Å². The SMILES string of the molecule is CCNC(=NCc1ccccn1)NCC(c1ccc(CC)cc1)N(C)C. The van der Waals surface area contributed by atoms with Crippen LogP contribution in [0.25, 0.3) is 0 Å². The molecule has 2 aromatic rings. The van der Waals surface area contributed by atoms with Crippen LogP contribution in [0, 0.1) is 0 Å². The lowest BCUT2D eigenvalue weighted by Crippen LogP contribution is -2.41. The zero-order valence-corrected chi connectivity index (χ0v) is 16.4. The first kappa shape index (κ1) is 19.9. The summed E-state index contributed by atoms with van der Waals surface area (Å²) in [4.78, 5) is 11.2. The highest BCUT2D eigenvalue weighted by Gasteiger charge is 2.14. The Morgan fingerprint density at radius 3 is 2.42 bits per heavy atom. The van der Waals surface area contributed by atoms with E-state index in [0.29, 0.717) is 6.54 Å². The van der Waals surface area contributed by atoms with Crippen LogP contribution in [-0.2, 0) is 13.0 Å². The lowest BCUT2D eigenvalue weighted by atomic mass is 10.0. The van der Waals surface area contributed by atoms with Gasteiger partial charge in [-0.2, -0.15) is 0 Å². The van der Waals surface area contributed by atoms with Crippen molar-refractivity contribution >= 4 is 5.96 Å². The van der Waals surface area contributed by atoms with Gasteiger partial charge in [-0.25, -0.2) is 4.99 Å². The Hall–Kier alpha value is -2.40. The molecule has 0 aliphatic rings. The minimum atomic E-state index is 0.277. The highest BCUT2D eigenvalue weighted by atomic mass is 15.2. The molecule has 0 spiro atoms. The summed E-state index contributed by atoms with van der Waals surface area (Å²) < 4.78 is 0. The first-order valence-corrected chi connectivity index (χ1v) is 9.31. The van der Waals surface area contributed by atoms with E-state index in [9.17, 15) is 0 Å². The van der Waals surface area contributed by atoms with Crippen LogP contribution in [0.1, 0.15) is 36.7 Å². The zero-order chi connectivity index (χ0) is 18.8. The number of nitrogens with one attached hydrogen (secondary N) is 2. The van der Waals surface area contributed by atoms with Crippen molar-refractivity contribution in [2.24, 2.45) is 4.99 Å². The first-order valence-electron chi connectivity index (χ1n) is 9.31. The molecule has 26 heavy (non-hydrogen) atoms. The average molecular weight is 354 g/mol. The Morgan fingerprint density at radius 2 is 1.85 bits per heavy atom. The predicted octanol–water partition coefficient (Wildman–Crippen LogP) is 3.00. The normalized spacial score (nSPS) is 12.9. The molecule has 1 aromatic carbocycles. The van der Waals surface area contributed by atoms with Crippen molar-refractivity contribution in [3.63, 3.8) is 0 Å². The highest BCUT2D eigenvalue weighted by Crippen LogP contribution is 2.18. The molecule has 0 aliphatic carbocycles. The van der Waals surface area contributed by atoms with Gasteiger partial charge in [-0.15, -0.1) is 0 Å². The smallest absolute Gasteiger partial charge is 0.191 e. The van der Waals surface area contributed by atoms with Gasteiger partial charge in [0, 0.05) is 19.3 Å². The van der Waals surface area contributed by atoms with E-state index in [0.717, 1.165) is 31.2 Å². The number of rotatable bonds is 8. The van der Waals surface area contributed by atoms with Crippen molar-refractivity contribution in [1.29, 1.82) is 0 Å². The average Bonchev–Trinajstić information content (AvgIpc) is 2.67. The van der Waals surface area contributed by atoms with E-state index in [4.69, 9.17) is 0 Å². The largest absolute Gasteiger partial charge is 0.357 e. The molecule has 0 saturated heterocycles. The molecular weight excluding hydrogens is 322 g/mol. The van der Waals surface area contributed by atoms with Gasteiger partial charge in [0.25, 0.3) is 0 Å². The van der Waals surface area contributed by atoms with Gasteiger partial charge >= 0.3 is 0 Å². The minimum absolute atomic E-state index is 0.277. The number of nitrogens with zero attached hydrogens (tertiary/aromatic N) is 3. The molecule has 0 aliphatic heterocycles. The van der Waals surface area contributed by atoms with Crippen LogP contribution in [0.3, 0.4) is 0 Å². The maximum absolute atomic E-state index is 4.65. The van der Waals surface area contributed by atoms with Gasteiger partial charge in [0.15, 0.2) is 5.96 Å². The number of aryl methyl sites for hydroxylation is 1. The van der Waals surface area contributed by atoms with Crippen LogP contribution in [0.2, 0.25) is 0 Å². The number of aromatic nitrogens is 1. The zero-order valence-electron chi connectivity index (χ0n) is 16.4. The second-order valence-corrected chi connectivity index (χ2v) is 6.47. The van der Waals surface area contributed by atoms with E-state index < -0.39 is 0 Å². The highest BCUT2D eigenvalue weighted by molar-refractivity contribution is 5.79. The van der Waals surface area contributed by atoms with E-state index in [1.54, 1.807) is 6.20 Å². The number of hydrogen-bond acceptors (Lipinski definition) is 3. The Kier molecular flexibility index (Phi) is 8.09. The Bertz CT molecular complexity index is 665. The number of pyridine rings is 1. The molecule has 1 heterocycles. The Morgan fingerprint density at radius 1 is 1.08 bits per heavy atom. The van der Waals surface area contributed by atoms with E-state index in [1.165, 1.54) is 11.1 Å². The van der Waals surface area contributed by atoms with Crippen molar-refractivity contribution in [2.45, 2.75) is 32.9 Å². The van der Waals surface area contributed by atoms with Gasteiger partial charge in [0.2, 0.25) is 0 Å². The fraction of sp³-hybridized carbons (Fsp3) is 0.429. The first-order chi connectivity index (χ1) is 12.6. The van der Waals surface area contributed by atoms with Crippen molar-refractivity contribution in [3.8, 4) is 0 Å². The molecule has 0 amide bonds. The third-order valence-electron chi connectivity index (χ3n) is 4.33. The van der Waals surface area contributed by atoms with E-state index in [-0.39, 0.29) is 6.04 Å². The number of guanidine groups is 1. The molecule has 0 fully saturated rings. The number of likely N-dealkylation sites (N-methyl/N-ethyl adjacent to an activating group) is 1. The molecule has 0 saturated carbocycles. The van der Waals surface area contributed by atoms with E-state index in [2.05, 4.69) is 77.7 Å². The van der Waals surface area contributed by atoms with Gasteiger partial charge in [0.1, 0.15) is 0 Å². The lowest BCUT2D eigenvalue weighted by molar-refractivity contribution is 0.298. The summed E-state index contributed by atoms with van der Waals surface area (Å²) in [6.07, 6.45) is 2.86. The molecule has 0 bridgehead atoms. The number of hydrogen-bond donors (Lipinski definition) is 2. The quantitative estimate of drug-likeness (QED) is 0.566. The fourth-order valence-corrected chi connectivity index (χ4v) is 2.76. The number of benzene rings is 1. The second-order valence-electron chi connectivity index (χ2n) is 6.47. The molecule has 5 heteroatoms. The molecule has 1 unspecified atom stereocenters. The van der Waals surface area contributed by atoms with Crippen LogP contribution < -0.4 is 10.6 Å². The fourth-order valence-electron chi connectivity index (χ4n) is 2.76. The second kappa shape index (κ2) is 10.6. The lowest BCUT2D eigenvalue weighted by Gasteiger charge is -2.26. The summed E-state index contributed by atoms with van der Waals surface area (Å²) in [6, 6.07) is 15.1. The summed E-state index contributed by atoms with van der Waals surface area (Å²) >= 11 is 0. The molecule has 0 radical (unpaired) electrons.